The van der Waals surface area contributed by atoms with Gasteiger partial charge in [-0.25, -0.2) is 0 Å². The van der Waals surface area contributed by atoms with Crippen molar-refractivity contribution in [2.24, 2.45) is 17.8 Å². The molecule has 98 valence electrons. The van der Waals surface area contributed by atoms with Crippen LogP contribution in [0.1, 0.15) is 34.6 Å². The summed E-state index contributed by atoms with van der Waals surface area (Å²) in [5.41, 5.74) is 5.77. The van der Waals surface area contributed by atoms with E-state index in [2.05, 4.69) is 64.2 Å². The summed E-state index contributed by atoms with van der Waals surface area (Å²) in [6.45, 7) is 12.4. The highest BCUT2D eigenvalue weighted by Gasteiger charge is 2.27. The summed E-state index contributed by atoms with van der Waals surface area (Å²) in [6.07, 6.45) is 9.16. The van der Waals surface area contributed by atoms with E-state index in [-0.39, 0.29) is 0 Å². The third-order valence-electron chi connectivity index (χ3n) is 4.44. The van der Waals surface area contributed by atoms with Crippen LogP contribution in [-0.2, 0) is 0 Å². The van der Waals surface area contributed by atoms with Gasteiger partial charge in [-0.1, -0.05) is 50.1 Å². The van der Waals surface area contributed by atoms with Crippen LogP contribution in [0.2, 0.25) is 0 Å². The summed E-state index contributed by atoms with van der Waals surface area (Å²) in [5, 5.41) is 3.58. The summed E-state index contributed by atoms with van der Waals surface area (Å²) in [5.74, 6) is 1.78. The fraction of sp³-hybridized carbons (Fsp3) is 0.529. The lowest BCUT2D eigenvalue weighted by Gasteiger charge is -2.33. The quantitative estimate of drug-likeness (QED) is 0.672. The Balaban J connectivity index is 2.47. The number of allylic oxidation sites excluding steroid dienone is 6. The van der Waals surface area contributed by atoms with Gasteiger partial charge in [0.1, 0.15) is 0 Å². The van der Waals surface area contributed by atoms with Crippen LogP contribution in [0, 0.1) is 17.8 Å². The van der Waals surface area contributed by atoms with Crippen molar-refractivity contribution in [2.75, 3.05) is 6.54 Å². The molecule has 2 rings (SSSR count). The van der Waals surface area contributed by atoms with Crippen LogP contribution >= 0.6 is 0 Å². The molecule has 0 spiro atoms. The molecule has 18 heavy (non-hydrogen) atoms. The topological polar surface area (TPSA) is 12.0 Å². The van der Waals surface area contributed by atoms with E-state index in [4.69, 9.17) is 0 Å². The molecule has 0 bridgehead atoms. The standard InChI is InChI=1S/C17H25N/c1-11-7-6-8-18-16-10-12(2)14(4)15(5)17(16)13(3)9-11/h6-7,9-10,13-15,18H,8H2,1-5H3/b7-6-,11-9-. The van der Waals surface area contributed by atoms with Gasteiger partial charge < -0.3 is 5.32 Å². The highest BCUT2D eigenvalue weighted by molar-refractivity contribution is 5.39. The minimum Gasteiger partial charge on any atom is -0.382 e. The molecular weight excluding hydrogens is 218 g/mol. The molecule has 2 aliphatic rings. The van der Waals surface area contributed by atoms with Gasteiger partial charge in [0.25, 0.3) is 0 Å². The normalized spacial score (nSPS) is 37.3. The fourth-order valence-electron chi connectivity index (χ4n) is 3.12. The predicted octanol–water partition coefficient (Wildman–Crippen LogP) is 4.21. The van der Waals surface area contributed by atoms with Crippen molar-refractivity contribution in [3.63, 3.8) is 0 Å². The van der Waals surface area contributed by atoms with Gasteiger partial charge in [-0.3, -0.25) is 0 Å². The molecular formula is C17H25N. The molecule has 0 saturated heterocycles. The molecule has 0 aromatic heterocycles. The molecule has 0 saturated carbocycles. The Kier molecular flexibility index (Phi) is 3.79. The highest BCUT2D eigenvalue weighted by atomic mass is 14.9. The van der Waals surface area contributed by atoms with Gasteiger partial charge in [0, 0.05) is 12.2 Å². The fourth-order valence-corrected chi connectivity index (χ4v) is 3.12. The second-order valence-corrected chi connectivity index (χ2v) is 5.82. The van der Waals surface area contributed by atoms with Gasteiger partial charge in [-0.15, -0.1) is 0 Å². The van der Waals surface area contributed by atoms with Crippen LogP contribution in [0.5, 0.6) is 0 Å². The van der Waals surface area contributed by atoms with Crippen LogP contribution in [0.3, 0.4) is 0 Å². The Bertz CT molecular complexity index is 448. The Morgan fingerprint density at radius 1 is 1.11 bits per heavy atom. The number of nitrogens with one attached hydrogen (secondary N) is 1. The van der Waals surface area contributed by atoms with Gasteiger partial charge in [-0.05, 0) is 43.3 Å². The molecule has 1 N–H and O–H groups in total. The van der Waals surface area contributed by atoms with E-state index in [1.54, 1.807) is 5.57 Å². The molecule has 3 unspecified atom stereocenters. The van der Waals surface area contributed by atoms with Gasteiger partial charge in [-0.2, -0.15) is 0 Å². The van der Waals surface area contributed by atoms with Crippen LogP contribution < -0.4 is 5.32 Å². The predicted molar refractivity (Wildman–Crippen MR) is 79.2 cm³/mol. The van der Waals surface area contributed by atoms with E-state index in [0.717, 1.165) is 6.54 Å². The second-order valence-electron chi connectivity index (χ2n) is 5.82. The lowest BCUT2D eigenvalue weighted by molar-refractivity contribution is 0.455. The molecule has 0 aromatic carbocycles. The van der Waals surface area contributed by atoms with E-state index in [0.29, 0.717) is 17.8 Å². The smallest absolute Gasteiger partial charge is 0.0342 e. The lowest BCUT2D eigenvalue weighted by Crippen LogP contribution is -2.27. The Hall–Kier alpha value is -1.24. The van der Waals surface area contributed by atoms with E-state index < -0.39 is 0 Å². The van der Waals surface area contributed by atoms with Crippen molar-refractivity contribution in [3.05, 3.63) is 46.7 Å². The monoisotopic (exact) mass is 243 g/mol. The Morgan fingerprint density at radius 2 is 1.83 bits per heavy atom. The first kappa shape index (κ1) is 13.2. The Morgan fingerprint density at radius 3 is 2.56 bits per heavy atom. The van der Waals surface area contributed by atoms with Gasteiger partial charge in [0.15, 0.2) is 0 Å². The first-order valence-electron chi connectivity index (χ1n) is 7.01. The van der Waals surface area contributed by atoms with Crippen molar-refractivity contribution in [3.8, 4) is 0 Å². The summed E-state index contributed by atoms with van der Waals surface area (Å²) < 4.78 is 0. The summed E-state index contributed by atoms with van der Waals surface area (Å²) in [7, 11) is 0. The average molecular weight is 243 g/mol. The largest absolute Gasteiger partial charge is 0.382 e. The van der Waals surface area contributed by atoms with Gasteiger partial charge >= 0.3 is 0 Å². The molecule has 0 fully saturated rings. The number of hydrogen-bond acceptors (Lipinski definition) is 1. The number of rotatable bonds is 0. The maximum atomic E-state index is 3.58. The molecule has 1 heteroatoms. The minimum absolute atomic E-state index is 0.511. The van der Waals surface area contributed by atoms with Gasteiger partial charge in [0.2, 0.25) is 0 Å². The lowest BCUT2D eigenvalue weighted by atomic mass is 9.74. The first-order valence-corrected chi connectivity index (χ1v) is 7.01. The SMILES string of the molecule is CC1=CC2=C(C(C)/C=C(C)\C=C/CN2)C(C)C1C. The van der Waals surface area contributed by atoms with Crippen LogP contribution in [-0.4, -0.2) is 6.54 Å². The summed E-state index contributed by atoms with van der Waals surface area (Å²) in [6, 6.07) is 0. The minimum atomic E-state index is 0.511. The van der Waals surface area contributed by atoms with Crippen molar-refractivity contribution >= 4 is 0 Å². The molecule has 1 nitrogen and oxygen atoms in total. The van der Waals surface area contributed by atoms with Gasteiger partial charge in [0.05, 0.1) is 0 Å². The molecule has 1 aliphatic heterocycles. The third kappa shape index (κ3) is 2.45. The van der Waals surface area contributed by atoms with Crippen molar-refractivity contribution < 1.29 is 0 Å². The molecule has 0 aromatic rings. The first-order chi connectivity index (χ1) is 8.50. The molecule has 3 atom stereocenters. The zero-order valence-electron chi connectivity index (χ0n) is 12.2. The third-order valence-corrected chi connectivity index (χ3v) is 4.44. The maximum Gasteiger partial charge on any atom is 0.0342 e. The van der Waals surface area contributed by atoms with E-state index in [1.165, 1.54) is 16.8 Å². The highest BCUT2D eigenvalue weighted by Crippen LogP contribution is 2.38. The van der Waals surface area contributed by atoms with Crippen molar-refractivity contribution in [1.82, 2.24) is 5.32 Å². The zero-order chi connectivity index (χ0) is 13.3. The van der Waals surface area contributed by atoms with Crippen molar-refractivity contribution in [2.45, 2.75) is 34.6 Å². The number of hydrogen-bond donors (Lipinski definition) is 1. The maximum absolute atomic E-state index is 3.58. The molecule has 0 amide bonds. The molecule has 1 aliphatic carbocycles. The van der Waals surface area contributed by atoms with Crippen LogP contribution in [0.25, 0.3) is 0 Å². The zero-order valence-corrected chi connectivity index (χ0v) is 12.2. The van der Waals surface area contributed by atoms with Crippen LogP contribution in [0.15, 0.2) is 46.7 Å². The Labute approximate surface area is 111 Å². The van der Waals surface area contributed by atoms with E-state index >= 15 is 0 Å². The summed E-state index contributed by atoms with van der Waals surface area (Å²) in [4.78, 5) is 0. The molecule has 1 heterocycles. The average Bonchev–Trinajstić information content (AvgIpc) is 2.36. The van der Waals surface area contributed by atoms with Crippen molar-refractivity contribution in [1.29, 1.82) is 0 Å². The molecule has 0 radical (unpaired) electrons. The van der Waals surface area contributed by atoms with Crippen LogP contribution in [0.4, 0.5) is 0 Å². The van der Waals surface area contributed by atoms with E-state index in [1.807, 2.05) is 0 Å². The van der Waals surface area contributed by atoms with E-state index in [9.17, 15) is 0 Å². The second kappa shape index (κ2) is 5.17. The summed E-state index contributed by atoms with van der Waals surface area (Å²) >= 11 is 0.